The van der Waals surface area contributed by atoms with E-state index in [1.807, 2.05) is 6.07 Å². The van der Waals surface area contributed by atoms with E-state index < -0.39 is 0 Å². The smallest absolute Gasteiger partial charge is 0.229 e. The van der Waals surface area contributed by atoms with Crippen molar-refractivity contribution in [3.63, 3.8) is 0 Å². The summed E-state index contributed by atoms with van der Waals surface area (Å²) >= 11 is 0. The topological polar surface area (TPSA) is 61.0 Å². The van der Waals surface area contributed by atoms with Gasteiger partial charge in [0.25, 0.3) is 0 Å². The lowest BCUT2D eigenvalue weighted by molar-refractivity contribution is -0.139. The fourth-order valence-corrected chi connectivity index (χ4v) is 5.79. The van der Waals surface area contributed by atoms with Crippen LogP contribution in [0.3, 0.4) is 0 Å². The van der Waals surface area contributed by atoms with Gasteiger partial charge in [-0.1, -0.05) is 37.3 Å². The maximum Gasteiger partial charge on any atom is 0.229 e. The molecule has 1 atom stereocenters. The van der Waals surface area contributed by atoms with Gasteiger partial charge in [-0.3, -0.25) is 9.89 Å². The number of nitrogens with one attached hydrogen (secondary N) is 2. The van der Waals surface area contributed by atoms with Crippen molar-refractivity contribution in [3.05, 3.63) is 53.3 Å². The highest BCUT2D eigenvalue weighted by Gasteiger charge is 2.68. The van der Waals surface area contributed by atoms with Crippen molar-refractivity contribution >= 4 is 18.3 Å². The maximum absolute atomic E-state index is 13.3. The lowest BCUT2D eigenvalue weighted by Gasteiger charge is -2.35. The molecule has 0 radical (unpaired) electrons. The van der Waals surface area contributed by atoms with Gasteiger partial charge in [-0.05, 0) is 62.2 Å². The minimum absolute atomic E-state index is 0. The van der Waals surface area contributed by atoms with Gasteiger partial charge in [0.1, 0.15) is 0 Å². The number of carbonyl (C=O) groups excluding carboxylic acids is 1. The zero-order chi connectivity index (χ0) is 19.9. The monoisotopic (exact) mass is 428 g/mol. The first-order chi connectivity index (χ1) is 14.1. The van der Waals surface area contributed by atoms with Crippen LogP contribution in [0.25, 0.3) is 0 Å². The first-order valence-electron chi connectivity index (χ1n) is 11.2. The molecule has 3 heterocycles. The van der Waals surface area contributed by atoms with Crippen LogP contribution in [0.1, 0.15) is 61.9 Å². The average Bonchev–Trinajstić information content (AvgIpc) is 3.10. The second-order valence-electron chi connectivity index (χ2n) is 9.59. The second-order valence-corrected chi connectivity index (χ2v) is 9.59. The minimum Gasteiger partial charge on any atom is -0.342 e. The number of nitrogens with zero attached hydrogens (tertiary/aromatic N) is 2. The molecule has 1 amide bonds. The molecule has 5 rings (SSSR count). The molecule has 2 aromatic rings. The quantitative estimate of drug-likeness (QED) is 0.776. The SMILES string of the molecule is CC1(C(=O)N2CCC(c3cc(Cc4ccccc4)[nH]n3)CC2)CC12CCNCC2.Cl. The number of piperidine rings is 2. The zero-order valence-electron chi connectivity index (χ0n) is 17.8. The molecule has 1 aromatic heterocycles. The van der Waals surface area contributed by atoms with Crippen LogP contribution in [0.5, 0.6) is 0 Å². The van der Waals surface area contributed by atoms with Crippen LogP contribution < -0.4 is 5.32 Å². The molecule has 1 spiro atoms. The number of hydrogen-bond donors (Lipinski definition) is 2. The molecule has 2 saturated heterocycles. The highest BCUT2D eigenvalue weighted by atomic mass is 35.5. The summed E-state index contributed by atoms with van der Waals surface area (Å²) in [7, 11) is 0. The number of carbonyl (C=O) groups is 1. The molecule has 162 valence electrons. The van der Waals surface area contributed by atoms with Gasteiger partial charge in [0.2, 0.25) is 5.91 Å². The summed E-state index contributed by atoms with van der Waals surface area (Å²) in [6.07, 6.45) is 6.33. The third kappa shape index (κ3) is 3.78. The van der Waals surface area contributed by atoms with Gasteiger partial charge in [-0.2, -0.15) is 5.10 Å². The normalized spacial score (nSPS) is 25.7. The number of aromatic nitrogens is 2. The molecule has 1 aliphatic carbocycles. The Balaban J connectivity index is 0.00000218. The molecular weight excluding hydrogens is 396 g/mol. The van der Waals surface area contributed by atoms with Crippen LogP contribution in [0, 0.1) is 10.8 Å². The summed E-state index contributed by atoms with van der Waals surface area (Å²) in [5.74, 6) is 0.865. The zero-order valence-corrected chi connectivity index (χ0v) is 18.6. The number of hydrogen-bond acceptors (Lipinski definition) is 3. The Kier molecular flexibility index (Phi) is 5.95. The highest BCUT2D eigenvalue weighted by molar-refractivity contribution is 5.87. The van der Waals surface area contributed by atoms with Crippen LogP contribution >= 0.6 is 12.4 Å². The molecule has 2 aliphatic heterocycles. The number of amides is 1. The van der Waals surface area contributed by atoms with Crippen LogP contribution in [-0.4, -0.2) is 47.2 Å². The van der Waals surface area contributed by atoms with Crippen molar-refractivity contribution in [1.29, 1.82) is 0 Å². The Morgan fingerprint density at radius 1 is 1.17 bits per heavy atom. The van der Waals surface area contributed by atoms with Gasteiger partial charge in [0.15, 0.2) is 0 Å². The molecule has 3 aliphatic rings. The van der Waals surface area contributed by atoms with Crippen molar-refractivity contribution in [2.24, 2.45) is 10.8 Å². The van der Waals surface area contributed by atoms with Crippen LogP contribution in [0.4, 0.5) is 0 Å². The maximum atomic E-state index is 13.3. The Morgan fingerprint density at radius 3 is 2.57 bits per heavy atom. The molecule has 0 bridgehead atoms. The van der Waals surface area contributed by atoms with E-state index in [4.69, 9.17) is 0 Å². The first-order valence-corrected chi connectivity index (χ1v) is 11.2. The molecule has 30 heavy (non-hydrogen) atoms. The summed E-state index contributed by atoms with van der Waals surface area (Å²) in [6, 6.07) is 12.7. The summed E-state index contributed by atoms with van der Waals surface area (Å²) in [4.78, 5) is 15.4. The fraction of sp³-hybridized carbons (Fsp3) is 0.583. The van der Waals surface area contributed by atoms with Gasteiger partial charge in [0, 0.05) is 31.1 Å². The molecule has 5 nitrogen and oxygen atoms in total. The number of H-pyrrole nitrogens is 1. The number of aromatic amines is 1. The van der Waals surface area contributed by atoms with Crippen LogP contribution in [0.15, 0.2) is 36.4 Å². The second kappa shape index (κ2) is 8.35. The summed E-state index contributed by atoms with van der Waals surface area (Å²) in [6.45, 7) is 6.09. The van der Waals surface area contributed by atoms with E-state index in [-0.39, 0.29) is 23.2 Å². The Morgan fingerprint density at radius 2 is 1.87 bits per heavy atom. The molecular formula is C24H33ClN4O. The van der Waals surface area contributed by atoms with Gasteiger partial charge in [0.05, 0.1) is 11.1 Å². The van der Waals surface area contributed by atoms with E-state index in [1.165, 1.54) is 11.3 Å². The van der Waals surface area contributed by atoms with E-state index in [2.05, 4.69) is 57.7 Å². The molecule has 6 heteroatoms. The molecule has 3 fully saturated rings. The number of benzene rings is 1. The lowest BCUT2D eigenvalue weighted by atomic mass is 9.84. The van der Waals surface area contributed by atoms with E-state index >= 15 is 0 Å². The average molecular weight is 429 g/mol. The Hall–Kier alpha value is -1.85. The van der Waals surface area contributed by atoms with Crippen LogP contribution in [-0.2, 0) is 11.2 Å². The number of likely N-dealkylation sites (tertiary alicyclic amines) is 1. The van der Waals surface area contributed by atoms with Crippen molar-refractivity contribution in [1.82, 2.24) is 20.4 Å². The summed E-state index contributed by atoms with van der Waals surface area (Å²) < 4.78 is 0. The Bertz CT molecular complexity index is 868. The molecule has 1 unspecified atom stereocenters. The third-order valence-electron chi connectivity index (χ3n) is 7.86. The van der Waals surface area contributed by atoms with E-state index in [1.54, 1.807) is 0 Å². The minimum atomic E-state index is -0.114. The largest absolute Gasteiger partial charge is 0.342 e. The predicted molar refractivity (Wildman–Crippen MR) is 121 cm³/mol. The van der Waals surface area contributed by atoms with E-state index in [0.717, 1.165) is 70.4 Å². The number of halogens is 1. The van der Waals surface area contributed by atoms with Gasteiger partial charge in [-0.15, -0.1) is 12.4 Å². The van der Waals surface area contributed by atoms with E-state index in [9.17, 15) is 4.79 Å². The van der Waals surface area contributed by atoms with Crippen LogP contribution in [0.2, 0.25) is 0 Å². The van der Waals surface area contributed by atoms with Gasteiger partial charge < -0.3 is 10.2 Å². The van der Waals surface area contributed by atoms with Crippen molar-refractivity contribution in [2.45, 2.75) is 51.4 Å². The summed E-state index contributed by atoms with van der Waals surface area (Å²) in [5.41, 5.74) is 3.80. The Labute approximate surface area is 185 Å². The fourth-order valence-electron chi connectivity index (χ4n) is 5.79. The van der Waals surface area contributed by atoms with Crippen molar-refractivity contribution in [3.8, 4) is 0 Å². The van der Waals surface area contributed by atoms with Gasteiger partial charge in [-0.25, -0.2) is 0 Å². The molecule has 1 aromatic carbocycles. The van der Waals surface area contributed by atoms with Crippen molar-refractivity contribution in [2.75, 3.05) is 26.2 Å². The van der Waals surface area contributed by atoms with Crippen molar-refractivity contribution < 1.29 is 4.79 Å². The first kappa shape index (κ1) is 21.4. The number of rotatable bonds is 4. The predicted octanol–water partition coefficient (Wildman–Crippen LogP) is 3.91. The lowest BCUT2D eigenvalue weighted by Crippen LogP contribution is -2.44. The third-order valence-corrected chi connectivity index (χ3v) is 7.86. The summed E-state index contributed by atoms with van der Waals surface area (Å²) in [5, 5.41) is 11.3. The molecule has 2 N–H and O–H groups in total. The highest BCUT2D eigenvalue weighted by Crippen LogP contribution is 2.69. The van der Waals surface area contributed by atoms with Gasteiger partial charge >= 0.3 is 0 Å². The van der Waals surface area contributed by atoms with E-state index in [0.29, 0.717) is 11.8 Å². The standard InChI is InChI=1S/C24H32N4O.ClH/c1-23(17-24(23)9-11-25-12-10-24)22(29)28-13-7-19(8-14-28)21-16-20(26-27-21)15-18-5-3-2-4-6-18;/h2-6,16,19,25H,7-15,17H2,1H3,(H,26,27);1H. The molecule has 1 saturated carbocycles.